The van der Waals surface area contributed by atoms with Crippen molar-refractivity contribution in [3.05, 3.63) is 35.1 Å². The first-order valence-electron chi connectivity index (χ1n) is 8.33. The molecule has 2 N–H and O–H groups in total. The van der Waals surface area contributed by atoms with Gasteiger partial charge < -0.3 is 10.4 Å². The van der Waals surface area contributed by atoms with E-state index in [2.05, 4.69) is 5.32 Å². The fourth-order valence-corrected chi connectivity index (χ4v) is 3.21. The first kappa shape index (κ1) is 19.0. The zero-order valence-electron chi connectivity index (χ0n) is 14.8. The Balaban J connectivity index is 2.49. The average Bonchev–Trinajstić information content (AvgIpc) is 2.54. The summed E-state index contributed by atoms with van der Waals surface area (Å²) < 4.78 is 0. The van der Waals surface area contributed by atoms with Crippen LogP contribution in [0.2, 0.25) is 0 Å². The highest BCUT2D eigenvalue weighted by Gasteiger charge is 2.33. The van der Waals surface area contributed by atoms with Gasteiger partial charge in [0, 0.05) is 23.5 Å². The number of carbonyl (C=O) groups excluding carboxylic acids is 4. The maximum atomic E-state index is 12.5. The molecular weight excluding hydrogens is 322 g/mol. The molecule has 1 unspecified atom stereocenters. The van der Waals surface area contributed by atoms with E-state index in [1.165, 1.54) is 6.92 Å². The summed E-state index contributed by atoms with van der Waals surface area (Å²) in [5.41, 5.74) is 0.627. The van der Waals surface area contributed by atoms with Crippen molar-refractivity contribution in [2.75, 3.05) is 0 Å². The zero-order chi connectivity index (χ0) is 18.9. The van der Waals surface area contributed by atoms with Crippen molar-refractivity contribution in [3.63, 3.8) is 0 Å². The molecule has 0 spiro atoms. The van der Waals surface area contributed by atoms with E-state index >= 15 is 0 Å². The van der Waals surface area contributed by atoms with Crippen molar-refractivity contribution in [1.82, 2.24) is 5.32 Å². The number of ketones is 3. The molecule has 0 aromatic rings. The zero-order valence-corrected chi connectivity index (χ0v) is 14.8. The minimum atomic E-state index is -1.17. The molecule has 0 aromatic carbocycles. The number of amides is 1. The van der Waals surface area contributed by atoms with Crippen LogP contribution in [0.1, 0.15) is 34.1 Å². The number of Topliss-reactive ketones (excluding diaryl/α,β-unsaturated/α-hetero) is 2. The molecule has 0 aromatic heterocycles. The first-order valence-corrected chi connectivity index (χ1v) is 8.33. The smallest absolute Gasteiger partial charge is 0.234 e. The van der Waals surface area contributed by atoms with Crippen molar-refractivity contribution in [3.8, 4) is 0 Å². The Morgan fingerprint density at radius 3 is 2.36 bits per heavy atom. The van der Waals surface area contributed by atoms with Crippen LogP contribution >= 0.6 is 0 Å². The van der Waals surface area contributed by atoms with Gasteiger partial charge in [-0.05, 0) is 26.3 Å². The lowest BCUT2D eigenvalue weighted by Gasteiger charge is -2.22. The molecule has 4 atom stereocenters. The van der Waals surface area contributed by atoms with Crippen LogP contribution < -0.4 is 5.32 Å². The van der Waals surface area contributed by atoms with E-state index in [9.17, 15) is 24.3 Å². The van der Waals surface area contributed by atoms with Crippen LogP contribution in [0, 0.1) is 17.8 Å². The summed E-state index contributed by atoms with van der Waals surface area (Å²) in [5, 5.41) is 12.9. The van der Waals surface area contributed by atoms with Gasteiger partial charge in [-0.2, -0.15) is 0 Å². The van der Waals surface area contributed by atoms with Gasteiger partial charge >= 0.3 is 0 Å². The van der Waals surface area contributed by atoms with Crippen LogP contribution in [-0.4, -0.2) is 34.5 Å². The highest BCUT2D eigenvalue weighted by molar-refractivity contribution is 6.22. The molecule has 0 fully saturated rings. The number of nitrogens with one attached hydrogen (secondary N) is 1. The van der Waals surface area contributed by atoms with Crippen LogP contribution in [0.4, 0.5) is 0 Å². The van der Waals surface area contributed by atoms with Gasteiger partial charge in [-0.1, -0.05) is 25.5 Å². The minimum absolute atomic E-state index is 0.0503. The largest absolute Gasteiger partial charge is 0.388 e. The molecule has 1 aliphatic heterocycles. The molecular formula is C19H23NO5. The lowest BCUT2D eigenvalue weighted by Crippen LogP contribution is -2.39. The molecule has 134 valence electrons. The van der Waals surface area contributed by atoms with E-state index in [4.69, 9.17) is 0 Å². The van der Waals surface area contributed by atoms with Crippen LogP contribution in [0.25, 0.3) is 0 Å². The van der Waals surface area contributed by atoms with Gasteiger partial charge in [0.1, 0.15) is 5.78 Å². The Morgan fingerprint density at radius 2 is 1.72 bits per heavy atom. The van der Waals surface area contributed by atoms with Crippen LogP contribution in [0.5, 0.6) is 0 Å². The van der Waals surface area contributed by atoms with Crippen molar-refractivity contribution < 1.29 is 24.3 Å². The Kier molecular flexibility index (Phi) is 5.52. The Labute approximate surface area is 146 Å². The molecule has 0 radical (unpaired) electrons. The fraction of sp³-hybridized carbons (Fsp3) is 0.474. The number of rotatable bonds is 0. The molecule has 6 heteroatoms. The predicted molar refractivity (Wildman–Crippen MR) is 91.2 cm³/mol. The summed E-state index contributed by atoms with van der Waals surface area (Å²) in [6, 6.07) is 0. The van der Waals surface area contributed by atoms with Gasteiger partial charge in [-0.3, -0.25) is 19.2 Å². The minimum Gasteiger partial charge on any atom is -0.388 e. The van der Waals surface area contributed by atoms with Gasteiger partial charge in [0.25, 0.3) is 0 Å². The van der Waals surface area contributed by atoms with Crippen LogP contribution in [-0.2, 0) is 19.2 Å². The molecule has 25 heavy (non-hydrogen) atoms. The van der Waals surface area contributed by atoms with Crippen LogP contribution in [0.3, 0.4) is 0 Å². The van der Waals surface area contributed by atoms with Gasteiger partial charge in [0.15, 0.2) is 5.78 Å². The Bertz CT molecular complexity index is 728. The maximum Gasteiger partial charge on any atom is 0.234 e. The average molecular weight is 345 g/mol. The molecule has 2 bridgehead atoms. The SMILES string of the molecule is C/C1=C\[C@H](C)[C@@H](O)C2=CC(=O)C=C(NC(=O)[C@@H](C)C(=O)C(C)C1)C2=O. The molecule has 1 amide bonds. The number of hydrogen-bond acceptors (Lipinski definition) is 5. The van der Waals surface area contributed by atoms with Crippen molar-refractivity contribution >= 4 is 23.3 Å². The Hall–Kier alpha value is -2.34. The number of hydrogen-bond donors (Lipinski definition) is 2. The number of allylic oxidation sites excluding steroid dienone is 4. The van der Waals surface area contributed by atoms with Gasteiger partial charge in [0.2, 0.25) is 11.7 Å². The van der Waals surface area contributed by atoms with Crippen molar-refractivity contribution in [2.24, 2.45) is 17.8 Å². The molecule has 6 nitrogen and oxygen atoms in total. The second-order valence-electron chi connectivity index (χ2n) is 6.92. The highest BCUT2D eigenvalue weighted by Crippen LogP contribution is 2.25. The number of aliphatic hydroxyl groups excluding tert-OH is 1. The summed E-state index contributed by atoms with van der Waals surface area (Å²) in [7, 11) is 0. The summed E-state index contributed by atoms with van der Waals surface area (Å²) in [6.45, 7) is 6.80. The third kappa shape index (κ3) is 4.02. The van der Waals surface area contributed by atoms with E-state index in [1.54, 1.807) is 19.9 Å². The maximum absolute atomic E-state index is 12.5. The quantitative estimate of drug-likeness (QED) is 0.391. The third-order valence-electron chi connectivity index (χ3n) is 4.65. The van der Waals surface area contributed by atoms with Gasteiger partial charge in [0.05, 0.1) is 17.7 Å². The van der Waals surface area contributed by atoms with Gasteiger partial charge in [-0.25, -0.2) is 0 Å². The van der Waals surface area contributed by atoms with Crippen LogP contribution in [0.15, 0.2) is 35.1 Å². The Morgan fingerprint density at radius 1 is 1.08 bits per heavy atom. The third-order valence-corrected chi connectivity index (χ3v) is 4.65. The lowest BCUT2D eigenvalue weighted by atomic mass is 9.87. The van der Waals surface area contributed by atoms with E-state index in [0.717, 1.165) is 17.7 Å². The molecule has 0 saturated carbocycles. The lowest BCUT2D eigenvalue weighted by molar-refractivity contribution is -0.135. The summed E-state index contributed by atoms with van der Waals surface area (Å²) in [6.07, 6.45) is 3.20. The second kappa shape index (κ2) is 7.27. The fourth-order valence-electron chi connectivity index (χ4n) is 3.21. The van der Waals surface area contributed by atoms with E-state index < -0.39 is 35.4 Å². The second-order valence-corrected chi connectivity index (χ2v) is 6.92. The normalized spacial score (nSPS) is 33.9. The number of aliphatic hydroxyl groups is 1. The highest BCUT2D eigenvalue weighted by atomic mass is 16.3. The molecule has 1 heterocycles. The van der Waals surface area contributed by atoms with E-state index in [1.807, 2.05) is 6.92 Å². The molecule has 2 rings (SSSR count). The number of carbonyl (C=O) groups is 4. The van der Waals surface area contributed by atoms with Crippen molar-refractivity contribution in [1.29, 1.82) is 0 Å². The summed E-state index contributed by atoms with van der Waals surface area (Å²) >= 11 is 0. The van der Waals surface area contributed by atoms with Gasteiger partial charge in [-0.15, -0.1) is 0 Å². The molecule has 1 aliphatic carbocycles. The predicted octanol–water partition coefficient (Wildman–Crippen LogP) is 1.25. The van der Waals surface area contributed by atoms with E-state index in [0.29, 0.717) is 6.42 Å². The summed E-state index contributed by atoms with van der Waals surface area (Å²) in [4.78, 5) is 49.2. The van der Waals surface area contributed by atoms with E-state index in [-0.39, 0.29) is 23.0 Å². The topological polar surface area (TPSA) is 101 Å². The monoisotopic (exact) mass is 345 g/mol. The molecule has 0 saturated heterocycles. The van der Waals surface area contributed by atoms with Crippen molar-refractivity contribution in [2.45, 2.75) is 40.2 Å². The number of fused-ring (bicyclic) bond motifs is 2. The first-order chi connectivity index (χ1) is 11.6. The standard InChI is InChI=1S/C19H23NO5/c1-9-5-10(2)16(22)12(4)19(25)20-15-8-13(21)7-14(18(15)24)17(23)11(3)6-9/h6-8,10-12,17,23H,5H2,1-4H3,(H,20,25)/b9-6+/t10?,11-,12-,17+/m0/s1. The molecule has 2 aliphatic rings. The summed E-state index contributed by atoms with van der Waals surface area (Å²) in [5.74, 6) is -3.68.